The smallest absolute Gasteiger partial charge is 0.238 e. The van der Waals surface area contributed by atoms with Crippen LogP contribution in [-0.2, 0) is 28.6 Å². The summed E-state index contributed by atoms with van der Waals surface area (Å²) >= 11 is 12.5. The quantitative estimate of drug-likeness (QED) is 0.187. The fourth-order valence-corrected chi connectivity index (χ4v) is 4.90. The van der Waals surface area contributed by atoms with E-state index in [9.17, 15) is 5.11 Å². The van der Waals surface area contributed by atoms with Gasteiger partial charge in [-0.25, -0.2) is 0 Å². The molecule has 0 spiro atoms. The number of halogens is 2. The number of anilines is 1. The Morgan fingerprint density at radius 1 is 1.06 bits per heavy atom. The topological polar surface area (TPSA) is 57.4 Å². The molecule has 3 aromatic carbocycles. The van der Waals surface area contributed by atoms with Crippen LogP contribution in [0.5, 0.6) is 5.75 Å². The average Bonchev–Trinajstić information content (AvgIpc) is 3.10. The maximum Gasteiger partial charge on any atom is 0.238 e. The Bertz CT molecular complexity index is 1310. The number of fused-ring (bicyclic) bond motifs is 1. The molecule has 0 saturated carbocycles. The fraction of sp³-hybridized carbons (Fsp3) is 0.214. The number of hydrogen-bond acceptors (Lipinski definition) is 4. The van der Waals surface area contributed by atoms with Gasteiger partial charge in [-0.05, 0) is 79.9 Å². The number of rotatable bonds is 7. The maximum absolute atomic E-state index is 10.2. The van der Waals surface area contributed by atoms with E-state index in [4.69, 9.17) is 27.9 Å². The summed E-state index contributed by atoms with van der Waals surface area (Å²) in [5.41, 5.74) is 4.61. The predicted octanol–water partition coefficient (Wildman–Crippen LogP) is 7.21. The Hall–Kier alpha value is -2.77. The molecule has 189 valence electrons. The first-order valence-corrected chi connectivity index (χ1v) is 12.1. The number of ether oxygens (including phenoxy) is 1. The van der Waals surface area contributed by atoms with Crippen LogP contribution in [0.2, 0.25) is 10.0 Å². The van der Waals surface area contributed by atoms with Crippen LogP contribution < -0.4 is 9.64 Å². The van der Waals surface area contributed by atoms with E-state index in [0.717, 1.165) is 34.8 Å². The van der Waals surface area contributed by atoms with Crippen LogP contribution in [0.15, 0.2) is 88.7 Å². The number of methoxy groups -OCH3 is 1. The van der Waals surface area contributed by atoms with Gasteiger partial charge in [0.25, 0.3) is 0 Å². The Morgan fingerprint density at radius 3 is 2.47 bits per heavy atom. The molecule has 3 aromatic rings. The van der Waals surface area contributed by atoms with Crippen LogP contribution in [0, 0.1) is 0 Å². The molecule has 5 nitrogen and oxygen atoms in total. The molecule has 1 N–H and O–H groups in total. The van der Waals surface area contributed by atoms with Crippen LogP contribution in [-0.4, -0.2) is 30.9 Å². The minimum absolute atomic E-state index is 0. The molecular weight excluding hydrogens is 540 g/mol. The van der Waals surface area contributed by atoms with Crippen molar-refractivity contribution in [1.82, 2.24) is 0 Å². The molecule has 0 aliphatic carbocycles. The SMILES string of the molecule is CCN1\C(=C/C=N/N=C(\O)c2ccccc2)C(C)(Cc2ccc(Cl)c(Cl)c2)c2cc(OC)ccc21.[Co]. The van der Waals surface area contributed by atoms with E-state index in [2.05, 4.69) is 41.1 Å². The third-order valence-electron chi connectivity index (χ3n) is 6.29. The summed E-state index contributed by atoms with van der Waals surface area (Å²) in [6.45, 7) is 5.09. The van der Waals surface area contributed by atoms with Crippen molar-refractivity contribution in [3.63, 3.8) is 0 Å². The molecule has 1 unspecified atom stereocenters. The fourth-order valence-electron chi connectivity index (χ4n) is 4.58. The van der Waals surface area contributed by atoms with Gasteiger partial charge in [-0.1, -0.05) is 47.5 Å². The van der Waals surface area contributed by atoms with Gasteiger partial charge in [0, 0.05) is 45.7 Å². The van der Waals surface area contributed by atoms with Crippen LogP contribution in [0.25, 0.3) is 0 Å². The summed E-state index contributed by atoms with van der Waals surface area (Å²) in [7, 11) is 1.67. The number of likely N-dealkylation sites (N-methyl/N-ethyl adjacent to an activating group) is 1. The molecule has 1 radical (unpaired) electrons. The minimum atomic E-state index is -0.395. The number of hydrogen-bond donors (Lipinski definition) is 1. The van der Waals surface area contributed by atoms with Gasteiger partial charge in [-0.15, -0.1) is 5.10 Å². The maximum atomic E-state index is 10.2. The molecule has 0 aromatic heterocycles. The largest absolute Gasteiger partial charge is 0.497 e. The van der Waals surface area contributed by atoms with E-state index in [-0.39, 0.29) is 22.7 Å². The van der Waals surface area contributed by atoms with Crippen molar-refractivity contribution in [2.45, 2.75) is 25.7 Å². The second kappa shape index (κ2) is 12.0. The van der Waals surface area contributed by atoms with Gasteiger partial charge in [-0.3, -0.25) is 0 Å². The number of benzene rings is 3. The molecule has 8 heteroatoms. The van der Waals surface area contributed by atoms with Crippen molar-refractivity contribution < 1.29 is 26.6 Å². The second-order valence-corrected chi connectivity index (χ2v) is 9.31. The van der Waals surface area contributed by atoms with Crippen LogP contribution in [0.1, 0.15) is 30.5 Å². The molecule has 0 amide bonds. The molecule has 1 aliphatic rings. The molecule has 0 fully saturated rings. The molecule has 0 bridgehead atoms. The summed E-state index contributed by atoms with van der Waals surface area (Å²) in [4.78, 5) is 2.26. The van der Waals surface area contributed by atoms with E-state index < -0.39 is 5.41 Å². The van der Waals surface area contributed by atoms with Crippen LogP contribution >= 0.6 is 23.2 Å². The third kappa shape index (κ3) is 5.62. The van der Waals surface area contributed by atoms with E-state index in [1.54, 1.807) is 25.5 Å². The Kier molecular flexibility index (Phi) is 9.25. The second-order valence-electron chi connectivity index (χ2n) is 8.49. The summed E-state index contributed by atoms with van der Waals surface area (Å²) in [6, 6.07) is 21.0. The molecule has 4 rings (SSSR count). The van der Waals surface area contributed by atoms with Crippen molar-refractivity contribution in [3.05, 3.63) is 105 Å². The Morgan fingerprint density at radius 2 is 1.81 bits per heavy atom. The number of nitrogens with zero attached hydrogens (tertiary/aromatic N) is 3. The zero-order valence-corrected chi connectivity index (χ0v) is 22.8. The number of aliphatic hydroxyl groups excluding tert-OH is 1. The van der Waals surface area contributed by atoms with Crippen LogP contribution in [0.3, 0.4) is 0 Å². The predicted molar refractivity (Wildman–Crippen MR) is 146 cm³/mol. The van der Waals surface area contributed by atoms with Gasteiger partial charge in [-0.2, -0.15) is 5.10 Å². The van der Waals surface area contributed by atoms with Gasteiger partial charge >= 0.3 is 0 Å². The van der Waals surface area contributed by atoms with Crippen molar-refractivity contribution in [2.75, 3.05) is 18.6 Å². The van der Waals surface area contributed by atoms with E-state index >= 15 is 0 Å². The molecule has 36 heavy (non-hydrogen) atoms. The summed E-state index contributed by atoms with van der Waals surface area (Å²) < 4.78 is 5.54. The summed E-state index contributed by atoms with van der Waals surface area (Å²) in [5, 5.41) is 19.4. The van der Waals surface area contributed by atoms with Crippen molar-refractivity contribution >= 4 is 41.0 Å². The first kappa shape index (κ1) is 27.8. The van der Waals surface area contributed by atoms with Gasteiger partial charge in [0.15, 0.2) is 0 Å². The third-order valence-corrected chi connectivity index (χ3v) is 7.03. The first-order valence-electron chi connectivity index (χ1n) is 11.3. The zero-order valence-electron chi connectivity index (χ0n) is 20.2. The molecular formula is C28H27Cl2CoN3O2. The van der Waals surface area contributed by atoms with Crippen molar-refractivity contribution in [1.29, 1.82) is 0 Å². The standard InChI is InChI=1S/C28H27Cl2N3O2.Co/c1-4-33-25-13-11-21(35-3)17-22(25)28(2,18-19-10-12-23(29)24(30)16-19)26(33)14-15-31-32-27(34)20-8-6-5-7-9-20;/h5-17H,4,18H2,1-3H3,(H,32,34);/b26-14-,31-15+;. The summed E-state index contributed by atoms with van der Waals surface area (Å²) in [5.74, 6) is 0.665. The Balaban J connectivity index is 0.00000361. The number of aliphatic hydroxyl groups is 1. The van der Waals surface area contributed by atoms with E-state index in [0.29, 0.717) is 22.0 Å². The van der Waals surface area contributed by atoms with Crippen LogP contribution in [0.4, 0.5) is 5.69 Å². The van der Waals surface area contributed by atoms with Gasteiger partial charge in [0.1, 0.15) is 5.75 Å². The van der Waals surface area contributed by atoms with Gasteiger partial charge in [0.2, 0.25) is 5.90 Å². The van der Waals surface area contributed by atoms with Gasteiger partial charge < -0.3 is 14.7 Å². The van der Waals surface area contributed by atoms with Crippen molar-refractivity contribution in [3.8, 4) is 5.75 Å². The molecule has 0 saturated heterocycles. The minimum Gasteiger partial charge on any atom is -0.497 e. The summed E-state index contributed by atoms with van der Waals surface area (Å²) in [6.07, 6.45) is 4.27. The number of allylic oxidation sites excluding steroid dienone is 2. The molecule has 1 aliphatic heterocycles. The molecule has 1 heterocycles. The van der Waals surface area contributed by atoms with E-state index in [1.165, 1.54) is 0 Å². The normalized spacial score (nSPS) is 18.4. The first-order chi connectivity index (χ1) is 16.9. The van der Waals surface area contributed by atoms with E-state index in [1.807, 2.05) is 48.5 Å². The van der Waals surface area contributed by atoms with Crippen molar-refractivity contribution in [2.24, 2.45) is 10.2 Å². The molecule has 1 atom stereocenters. The Labute approximate surface area is 232 Å². The average molecular weight is 567 g/mol. The monoisotopic (exact) mass is 566 g/mol. The zero-order chi connectivity index (χ0) is 25.0. The van der Waals surface area contributed by atoms with Gasteiger partial charge in [0.05, 0.1) is 23.4 Å².